The fourth-order valence-corrected chi connectivity index (χ4v) is 1.69. The van der Waals surface area contributed by atoms with Crippen LogP contribution < -0.4 is 0 Å². The van der Waals surface area contributed by atoms with Crippen molar-refractivity contribution in [3.05, 3.63) is 18.0 Å². The molecule has 14 heavy (non-hydrogen) atoms. The van der Waals surface area contributed by atoms with E-state index in [2.05, 4.69) is 10.2 Å². The van der Waals surface area contributed by atoms with Crippen LogP contribution in [-0.2, 0) is 0 Å². The molecule has 2 rings (SSSR count). The molecule has 5 heteroatoms. The molecule has 76 valence electrons. The number of hydrogen-bond acceptors (Lipinski definition) is 3. The van der Waals surface area contributed by atoms with Crippen LogP contribution in [-0.4, -0.2) is 45.3 Å². The molecule has 1 aromatic heterocycles. The minimum Gasteiger partial charge on any atom is -0.391 e. The lowest BCUT2D eigenvalue weighted by atomic mass is 10.1. The van der Waals surface area contributed by atoms with Crippen molar-refractivity contribution in [2.45, 2.75) is 18.9 Å². The Morgan fingerprint density at radius 3 is 3.21 bits per heavy atom. The highest BCUT2D eigenvalue weighted by molar-refractivity contribution is 5.93. The summed E-state index contributed by atoms with van der Waals surface area (Å²) in [5, 5.41) is 15.7. The van der Waals surface area contributed by atoms with E-state index in [0.717, 1.165) is 19.4 Å². The molecule has 1 aliphatic heterocycles. The van der Waals surface area contributed by atoms with Crippen molar-refractivity contribution >= 4 is 5.91 Å². The Kier molecular flexibility index (Phi) is 2.49. The SMILES string of the molecule is O=C(c1cn[nH]c1)N1CCCC(O)C1. The van der Waals surface area contributed by atoms with Gasteiger partial charge >= 0.3 is 0 Å². The lowest BCUT2D eigenvalue weighted by Crippen LogP contribution is -2.42. The molecule has 1 amide bonds. The molecular formula is C9H13N3O2. The first-order valence-corrected chi connectivity index (χ1v) is 4.73. The van der Waals surface area contributed by atoms with E-state index >= 15 is 0 Å². The Morgan fingerprint density at radius 2 is 2.57 bits per heavy atom. The van der Waals surface area contributed by atoms with Crippen molar-refractivity contribution in [2.75, 3.05) is 13.1 Å². The molecule has 1 atom stereocenters. The summed E-state index contributed by atoms with van der Waals surface area (Å²) in [6.07, 6.45) is 4.35. The van der Waals surface area contributed by atoms with Gasteiger partial charge in [-0.25, -0.2) is 0 Å². The second-order valence-corrected chi connectivity index (χ2v) is 3.53. The van der Waals surface area contributed by atoms with Crippen molar-refractivity contribution < 1.29 is 9.90 Å². The van der Waals surface area contributed by atoms with Crippen molar-refractivity contribution in [1.29, 1.82) is 0 Å². The van der Waals surface area contributed by atoms with Crippen LogP contribution in [0.3, 0.4) is 0 Å². The number of hydrogen-bond donors (Lipinski definition) is 2. The number of likely N-dealkylation sites (tertiary alicyclic amines) is 1. The Hall–Kier alpha value is -1.36. The summed E-state index contributed by atoms with van der Waals surface area (Å²) in [6, 6.07) is 0. The van der Waals surface area contributed by atoms with E-state index in [-0.39, 0.29) is 12.0 Å². The predicted molar refractivity (Wildman–Crippen MR) is 49.7 cm³/mol. The average Bonchev–Trinajstić information content (AvgIpc) is 2.69. The zero-order valence-electron chi connectivity index (χ0n) is 7.81. The molecular weight excluding hydrogens is 182 g/mol. The van der Waals surface area contributed by atoms with Gasteiger partial charge in [0, 0.05) is 19.3 Å². The number of carbonyl (C=O) groups is 1. The number of aliphatic hydroxyl groups excluding tert-OH is 1. The Morgan fingerprint density at radius 1 is 1.71 bits per heavy atom. The molecule has 2 N–H and O–H groups in total. The summed E-state index contributed by atoms with van der Waals surface area (Å²) in [5.74, 6) is -0.0579. The summed E-state index contributed by atoms with van der Waals surface area (Å²) >= 11 is 0. The second-order valence-electron chi connectivity index (χ2n) is 3.53. The highest BCUT2D eigenvalue weighted by atomic mass is 16.3. The molecule has 0 aliphatic carbocycles. The lowest BCUT2D eigenvalue weighted by Gasteiger charge is -2.29. The average molecular weight is 195 g/mol. The van der Waals surface area contributed by atoms with Gasteiger partial charge in [0.05, 0.1) is 17.9 Å². The van der Waals surface area contributed by atoms with Crippen LogP contribution in [0.4, 0.5) is 0 Å². The van der Waals surface area contributed by atoms with Crippen molar-refractivity contribution in [1.82, 2.24) is 15.1 Å². The number of piperidine rings is 1. The van der Waals surface area contributed by atoms with Crippen molar-refractivity contribution in [3.63, 3.8) is 0 Å². The molecule has 0 saturated carbocycles. The fourth-order valence-electron chi connectivity index (χ4n) is 1.69. The smallest absolute Gasteiger partial charge is 0.257 e. The number of aromatic nitrogens is 2. The number of aromatic amines is 1. The predicted octanol–water partition coefficient (Wildman–Crippen LogP) is 0.00660. The van der Waals surface area contributed by atoms with E-state index in [9.17, 15) is 9.90 Å². The molecule has 1 saturated heterocycles. The normalized spacial score (nSPS) is 22.4. The van der Waals surface area contributed by atoms with Crippen LogP contribution >= 0.6 is 0 Å². The third-order valence-corrected chi connectivity index (χ3v) is 2.43. The summed E-state index contributed by atoms with van der Waals surface area (Å²) in [6.45, 7) is 1.16. The third-order valence-electron chi connectivity index (χ3n) is 2.43. The molecule has 2 heterocycles. The number of β-amino-alcohol motifs (C(OH)–C–C–N with tert-alkyl or cyclic N) is 1. The van der Waals surface area contributed by atoms with E-state index < -0.39 is 0 Å². The summed E-state index contributed by atoms with van der Waals surface area (Å²) in [7, 11) is 0. The van der Waals surface area contributed by atoms with Crippen LogP contribution in [0, 0.1) is 0 Å². The van der Waals surface area contributed by atoms with Crippen LogP contribution in [0.1, 0.15) is 23.2 Å². The molecule has 1 fully saturated rings. The van der Waals surface area contributed by atoms with Gasteiger partial charge in [-0.2, -0.15) is 5.10 Å². The van der Waals surface area contributed by atoms with Gasteiger partial charge in [-0.3, -0.25) is 9.89 Å². The van der Waals surface area contributed by atoms with Gasteiger partial charge in [-0.1, -0.05) is 0 Å². The van der Waals surface area contributed by atoms with E-state index in [4.69, 9.17) is 0 Å². The summed E-state index contributed by atoms with van der Waals surface area (Å²) < 4.78 is 0. The highest BCUT2D eigenvalue weighted by Gasteiger charge is 2.23. The molecule has 0 aromatic carbocycles. The van der Waals surface area contributed by atoms with Gasteiger partial charge in [0.15, 0.2) is 0 Å². The molecule has 0 spiro atoms. The molecule has 1 aliphatic rings. The first-order valence-electron chi connectivity index (χ1n) is 4.73. The number of H-pyrrole nitrogens is 1. The van der Waals surface area contributed by atoms with Gasteiger partial charge in [0.1, 0.15) is 0 Å². The number of nitrogens with one attached hydrogen (secondary N) is 1. The van der Waals surface area contributed by atoms with E-state index in [0.29, 0.717) is 12.1 Å². The quantitative estimate of drug-likeness (QED) is 0.663. The van der Waals surface area contributed by atoms with E-state index in [1.54, 1.807) is 11.1 Å². The molecule has 0 bridgehead atoms. The maximum atomic E-state index is 11.8. The van der Waals surface area contributed by atoms with Gasteiger partial charge in [-0.05, 0) is 12.8 Å². The minimum atomic E-state index is -0.375. The largest absolute Gasteiger partial charge is 0.391 e. The highest BCUT2D eigenvalue weighted by Crippen LogP contribution is 2.12. The Bertz CT molecular complexity index is 310. The van der Waals surface area contributed by atoms with E-state index in [1.807, 2.05) is 0 Å². The van der Waals surface area contributed by atoms with Gasteiger partial charge < -0.3 is 10.0 Å². The molecule has 5 nitrogen and oxygen atoms in total. The van der Waals surface area contributed by atoms with E-state index in [1.165, 1.54) is 6.20 Å². The monoisotopic (exact) mass is 195 g/mol. The van der Waals surface area contributed by atoms with Crippen LogP contribution in [0.25, 0.3) is 0 Å². The van der Waals surface area contributed by atoms with Gasteiger partial charge in [0.2, 0.25) is 0 Å². The standard InChI is InChI=1S/C9H13N3O2/c13-8-2-1-3-12(6-8)9(14)7-4-10-11-5-7/h4-5,8,13H,1-3,6H2,(H,10,11). The number of carbonyl (C=O) groups excluding carboxylic acids is 1. The lowest BCUT2D eigenvalue weighted by molar-refractivity contribution is 0.0474. The molecule has 1 aromatic rings. The maximum Gasteiger partial charge on any atom is 0.257 e. The minimum absolute atomic E-state index is 0.0579. The molecule has 0 radical (unpaired) electrons. The first-order chi connectivity index (χ1) is 6.77. The maximum absolute atomic E-state index is 11.8. The Labute approximate surface area is 81.7 Å². The van der Waals surface area contributed by atoms with Crippen LogP contribution in [0.15, 0.2) is 12.4 Å². The summed E-state index contributed by atoms with van der Waals surface area (Å²) in [4.78, 5) is 13.4. The topological polar surface area (TPSA) is 69.2 Å². The first kappa shape index (κ1) is 9.21. The van der Waals surface area contributed by atoms with Crippen LogP contribution in [0.2, 0.25) is 0 Å². The third kappa shape index (κ3) is 1.77. The summed E-state index contributed by atoms with van der Waals surface area (Å²) in [5.41, 5.74) is 0.555. The molecule has 1 unspecified atom stereocenters. The van der Waals surface area contributed by atoms with Crippen molar-refractivity contribution in [3.8, 4) is 0 Å². The number of nitrogens with zero attached hydrogens (tertiary/aromatic N) is 2. The fraction of sp³-hybridized carbons (Fsp3) is 0.556. The zero-order chi connectivity index (χ0) is 9.97. The van der Waals surface area contributed by atoms with Crippen LogP contribution in [0.5, 0.6) is 0 Å². The van der Waals surface area contributed by atoms with Crippen molar-refractivity contribution in [2.24, 2.45) is 0 Å². The zero-order valence-corrected chi connectivity index (χ0v) is 7.81. The number of amides is 1. The Balaban J connectivity index is 2.04. The van der Waals surface area contributed by atoms with Gasteiger partial charge in [-0.15, -0.1) is 0 Å². The number of rotatable bonds is 1. The van der Waals surface area contributed by atoms with Gasteiger partial charge in [0.25, 0.3) is 5.91 Å². The second kappa shape index (κ2) is 3.79. The number of aliphatic hydroxyl groups is 1.